The van der Waals surface area contributed by atoms with Crippen molar-refractivity contribution in [1.82, 2.24) is 4.57 Å². The van der Waals surface area contributed by atoms with Crippen LogP contribution in [0, 0.1) is 0 Å². The minimum Gasteiger partial charge on any atom is -0.359 e. The van der Waals surface area contributed by atoms with Gasteiger partial charge in [0.1, 0.15) is 0 Å². The number of para-hydroxylation sites is 1. The lowest BCUT2D eigenvalue weighted by atomic mass is 10.0. The van der Waals surface area contributed by atoms with Crippen molar-refractivity contribution < 1.29 is 0 Å². The van der Waals surface area contributed by atoms with Crippen molar-refractivity contribution >= 4 is 27.5 Å². The molecule has 0 fully saturated rings. The lowest BCUT2D eigenvalue weighted by Crippen LogP contribution is -2.21. The van der Waals surface area contributed by atoms with Crippen LogP contribution < -0.4 is 5.32 Å². The Labute approximate surface area is 270 Å². The van der Waals surface area contributed by atoms with Crippen LogP contribution in [0.1, 0.15) is 54.9 Å². The summed E-state index contributed by atoms with van der Waals surface area (Å²) in [5, 5.41) is 6.24. The molecule has 0 aliphatic heterocycles. The maximum absolute atomic E-state index is 4.35. The van der Waals surface area contributed by atoms with E-state index in [0.29, 0.717) is 0 Å². The summed E-state index contributed by atoms with van der Waals surface area (Å²) < 4.78 is 2.45. The number of allylic oxidation sites excluding steroid dienone is 14. The van der Waals surface area contributed by atoms with Gasteiger partial charge in [0.25, 0.3) is 0 Å². The molecule has 4 aromatic rings. The Hall–Kier alpha value is -4.82. The molecular weight excluding hydrogens is 544 g/mol. The second-order valence-corrected chi connectivity index (χ2v) is 12.3. The first-order chi connectivity index (χ1) is 21.6. The van der Waals surface area contributed by atoms with Crippen molar-refractivity contribution in [2.24, 2.45) is 0 Å². The fourth-order valence-electron chi connectivity index (χ4n) is 5.86. The Morgan fingerprint density at radius 3 is 2.11 bits per heavy atom. The molecule has 0 aliphatic rings. The molecule has 0 amide bonds. The predicted octanol–water partition coefficient (Wildman–Crippen LogP) is 12.6. The van der Waals surface area contributed by atoms with Gasteiger partial charge in [-0.25, -0.2) is 0 Å². The predicted molar refractivity (Wildman–Crippen MR) is 201 cm³/mol. The van der Waals surface area contributed by atoms with E-state index in [0.717, 1.165) is 40.1 Å². The minimum atomic E-state index is -0.0220. The lowest BCUT2D eigenvalue weighted by molar-refractivity contribution is 0.423. The van der Waals surface area contributed by atoms with Gasteiger partial charge in [-0.05, 0) is 119 Å². The number of nitrogens with zero attached hydrogens (tertiary/aromatic N) is 1. The summed E-state index contributed by atoms with van der Waals surface area (Å²) in [6.07, 6.45) is 19.6. The van der Waals surface area contributed by atoms with Crippen molar-refractivity contribution in [1.29, 1.82) is 0 Å². The number of rotatable bonds is 11. The van der Waals surface area contributed by atoms with Gasteiger partial charge >= 0.3 is 0 Å². The molecule has 0 aliphatic carbocycles. The third-order valence-electron chi connectivity index (χ3n) is 7.83. The fraction of sp³-hybridized carbons (Fsp3) is 0.209. The quantitative estimate of drug-likeness (QED) is 0.171. The normalized spacial score (nSPS) is 13.6. The average Bonchev–Trinajstić information content (AvgIpc) is 3.35. The van der Waals surface area contributed by atoms with Crippen molar-refractivity contribution in [2.45, 2.75) is 60.4 Å². The molecule has 0 unspecified atom stereocenters. The third-order valence-corrected chi connectivity index (χ3v) is 7.83. The fourth-order valence-corrected chi connectivity index (χ4v) is 5.86. The highest BCUT2D eigenvalue weighted by atomic mass is 15.0. The van der Waals surface area contributed by atoms with Gasteiger partial charge in [-0.15, -0.1) is 0 Å². The van der Waals surface area contributed by atoms with Crippen LogP contribution in [0.4, 0.5) is 5.69 Å². The zero-order chi connectivity index (χ0) is 32.6. The van der Waals surface area contributed by atoms with Gasteiger partial charge in [-0.1, -0.05) is 104 Å². The Morgan fingerprint density at radius 1 is 0.733 bits per heavy atom. The van der Waals surface area contributed by atoms with E-state index in [1.807, 2.05) is 45.1 Å². The summed E-state index contributed by atoms with van der Waals surface area (Å²) in [7, 11) is 0. The summed E-state index contributed by atoms with van der Waals surface area (Å²) in [6, 6.07) is 24.2. The zero-order valence-electron chi connectivity index (χ0n) is 28.1. The topological polar surface area (TPSA) is 17.0 Å². The SMILES string of the molecule is C=C(/C=C\C)C(/C=C\C/C=C(\C=C/C)C(=C)/C=C\C)=C(/C)Nc1cccc(-c2ccc3c(c2)c2ccccc2n3C(C)(C)C)c1. The molecule has 1 N–H and O–H groups in total. The minimum absolute atomic E-state index is 0.0220. The summed E-state index contributed by atoms with van der Waals surface area (Å²) >= 11 is 0. The zero-order valence-corrected chi connectivity index (χ0v) is 28.1. The van der Waals surface area contributed by atoms with Crippen LogP contribution in [-0.2, 0) is 5.54 Å². The Balaban J connectivity index is 1.66. The van der Waals surface area contributed by atoms with Crippen LogP contribution in [-0.4, -0.2) is 4.57 Å². The maximum atomic E-state index is 4.35. The van der Waals surface area contributed by atoms with E-state index in [1.165, 1.54) is 32.9 Å². The van der Waals surface area contributed by atoms with Crippen LogP contribution in [0.25, 0.3) is 32.9 Å². The molecule has 4 rings (SSSR count). The summed E-state index contributed by atoms with van der Waals surface area (Å²) in [4.78, 5) is 0. The summed E-state index contributed by atoms with van der Waals surface area (Å²) in [5.41, 5.74) is 11.2. The van der Waals surface area contributed by atoms with Crippen LogP contribution in [0.2, 0.25) is 0 Å². The molecule has 0 bridgehead atoms. The van der Waals surface area contributed by atoms with Gasteiger partial charge in [-0.2, -0.15) is 0 Å². The molecule has 2 nitrogen and oxygen atoms in total. The second-order valence-electron chi connectivity index (χ2n) is 12.3. The molecule has 1 heterocycles. The monoisotopic (exact) mass is 592 g/mol. The molecule has 0 saturated heterocycles. The smallest absolute Gasteiger partial charge is 0.0496 e. The highest BCUT2D eigenvalue weighted by Crippen LogP contribution is 2.36. The first kappa shape index (κ1) is 33.1. The molecule has 1 aromatic heterocycles. The summed E-state index contributed by atoms with van der Waals surface area (Å²) in [5.74, 6) is 0. The van der Waals surface area contributed by atoms with Gasteiger partial charge in [0, 0.05) is 38.7 Å². The van der Waals surface area contributed by atoms with Gasteiger partial charge in [-0.3, -0.25) is 0 Å². The number of hydrogen-bond donors (Lipinski definition) is 1. The van der Waals surface area contributed by atoms with Crippen molar-refractivity contribution in [2.75, 3.05) is 5.32 Å². The van der Waals surface area contributed by atoms with Crippen LogP contribution in [0.5, 0.6) is 0 Å². The molecule has 3 aromatic carbocycles. The third kappa shape index (κ3) is 7.83. The number of benzene rings is 3. The van der Waals surface area contributed by atoms with E-state index >= 15 is 0 Å². The number of fused-ring (bicyclic) bond motifs is 3. The average molecular weight is 593 g/mol. The number of hydrogen-bond acceptors (Lipinski definition) is 1. The van der Waals surface area contributed by atoms with Gasteiger partial charge in [0.15, 0.2) is 0 Å². The Kier molecular flexibility index (Phi) is 10.9. The molecule has 230 valence electrons. The highest BCUT2D eigenvalue weighted by molar-refractivity contribution is 6.09. The van der Waals surface area contributed by atoms with E-state index in [-0.39, 0.29) is 5.54 Å². The van der Waals surface area contributed by atoms with E-state index in [2.05, 4.69) is 148 Å². The van der Waals surface area contributed by atoms with Gasteiger partial charge < -0.3 is 9.88 Å². The van der Waals surface area contributed by atoms with Crippen LogP contribution >= 0.6 is 0 Å². The van der Waals surface area contributed by atoms with Crippen molar-refractivity contribution in [3.8, 4) is 11.1 Å². The maximum Gasteiger partial charge on any atom is 0.0496 e. The van der Waals surface area contributed by atoms with E-state index in [4.69, 9.17) is 0 Å². The molecule has 0 saturated carbocycles. The number of aromatic nitrogens is 1. The molecule has 45 heavy (non-hydrogen) atoms. The van der Waals surface area contributed by atoms with Crippen LogP contribution in [0.15, 0.2) is 163 Å². The second kappa shape index (κ2) is 14.8. The molecule has 0 radical (unpaired) electrons. The van der Waals surface area contributed by atoms with Gasteiger partial charge in [0.05, 0.1) is 0 Å². The Bertz CT molecular complexity index is 1890. The molecular formula is C43H48N2. The number of nitrogens with one attached hydrogen (secondary N) is 1. The largest absolute Gasteiger partial charge is 0.359 e. The van der Waals surface area contributed by atoms with Crippen molar-refractivity contribution in [3.05, 3.63) is 163 Å². The molecule has 0 atom stereocenters. The van der Waals surface area contributed by atoms with E-state index in [1.54, 1.807) is 0 Å². The van der Waals surface area contributed by atoms with Crippen LogP contribution in [0.3, 0.4) is 0 Å². The number of anilines is 1. The van der Waals surface area contributed by atoms with Crippen molar-refractivity contribution in [3.63, 3.8) is 0 Å². The standard InChI is InChI=1S/C43H48N2/c1-10-18-31(4)34(20-12-3)21-13-14-24-38(32(5)19-11-2)33(6)44-37-23-17-22-35(29-37)36-27-28-42-40(30-36)39-25-15-16-26-41(39)45(42)43(7,8)9/h10-12,14-30,44H,4-5,13H2,1-3,6-9H3/b18-10-,19-11-,20-12-,24-14-,34-21+,38-33-. The molecule has 0 spiro atoms. The summed E-state index contributed by atoms with van der Waals surface area (Å²) in [6.45, 7) is 23.5. The van der Waals surface area contributed by atoms with E-state index in [9.17, 15) is 0 Å². The molecule has 2 heteroatoms. The lowest BCUT2D eigenvalue weighted by Gasteiger charge is -2.24. The first-order valence-corrected chi connectivity index (χ1v) is 15.8. The first-order valence-electron chi connectivity index (χ1n) is 15.8. The van der Waals surface area contributed by atoms with Gasteiger partial charge in [0.2, 0.25) is 0 Å². The highest BCUT2D eigenvalue weighted by Gasteiger charge is 2.20. The van der Waals surface area contributed by atoms with E-state index < -0.39 is 0 Å². The Morgan fingerprint density at radius 2 is 1.40 bits per heavy atom.